The van der Waals surface area contributed by atoms with Crippen LogP contribution < -0.4 is 5.73 Å². The minimum absolute atomic E-state index is 0. The van der Waals surface area contributed by atoms with Gasteiger partial charge in [0.25, 0.3) is 0 Å². The van der Waals surface area contributed by atoms with Crippen molar-refractivity contribution in [3.63, 3.8) is 0 Å². The third-order valence-corrected chi connectivity index (χ3v) is 1.29. The van der Waals surface area contributed by atoms with Crippen LogP contribution in [0.25, 0.3) is 0 Å². The maximum absolute atomic E-state index is 5.58. The van der Waals surface area contributed by atoms with Gasteiger partial charge in [-0.25, -0.2) is 0 Å². The number of aromatic nitrogens is 2. The minimum Gasteiger partial charge on any atom is -0.328 e. The molecule has 0 fully saturated rings. The van der Waals surface area contributed by atoms with Crippen LogP contribution in [0.2, 0.25) is 0 Å². The molecule has 0 saturated carbocycles. The van der Waals surface area contributed by atoms with Gasteiger partial charge < -0.3 is 5.73 Å². The van der Waals surface area contributed by atoms with Crippen LogP contribution in [0.5, 0.6) is 0 Å². The zero-order valence-electron chi connectivity index (χ0n) is 7.20. The molecule has 72 valence electrons. The maximum atomic E-state index is 5.58. The van der Waals surface area contributed by atoms with Crippen molar-refractivity contribution in [1.29, 1.82) is 0 Å². The van der Waals surface area contributed by atoms with Gasteiger partial charge in [0.05, 0.1) is 5.69 Å². The van der Waals surface area contributed by atoms with E-state index in [0.29, 0.717) is 0 Å². The Morgan fingerprint density at radius 3 is 2.50 bits per heavy atom. The van der Waals surface area contributed by atoms with E-state index in [1.165, 1.54) is 0 Å². The number of rotatable bonds is 2. The molecule has 1 heterocycles. The number of hydrogen-bond acceptors (Lipinski definition) is 2. The molecule has 0 aliphatic carbocycles. The summed E-state index contributed by atoms with van der Waals surface area (Å²) in [6, 6.07) is 2.21. The third kappa shape index (κ3) is 4.59. The Labute approximate surface area is 84.9 Å². The van der Waals surface area contributed by atoms with Gasteiger partial charge in [-0.2, -0.15) is 5.10 Å². The van der Waals surface area contributed by atoms with Gasteiger partial charge in [-0.05, 0) is 19.9 Å². The van der Waals surface area contributed by atoms with E-state index in [9.17, 15) is 0 Å². The Hall–Kier alpha value is -0.250. The van der Waals surface area contributed by atoms with Gasteiger partial charge >= 0.3 is 0 Å². The van der Waals surface area contributed by atoms with E-state index in [1.54, 1.807) is 0 Å². The highest BCUT2D eigenvalue weighted by atomic mass is 35.5. The summed E-state index contributed by atoms with van der Waals surface area (Å²) in [5.74, 6) is 0. The number of nitrogens with one attached hydrogen (secondary N) is 1. The molecule has 3 nitrogen and oxygen atoms in total. The topological polar surface area (TPSA) is 54.7 Å². The highest BCUT2D eigenvalue weighted by Crippen LogP contribution is 1.99. The number of aromatic amines is 1. The highest BCUT2D eigenvalue weighted by molar-refractivity contribution is 5.85. The number of hydrogen-bond donors (Lipinski definition) is 2. The van der Waals surface area contributed by atoms with E-state index in [2.05, 4.69) is 10.2 Å². The average molecular weight is 212 g/mol. The molecule has 1 rings (SSSR count). The normalized spacial score (nSPS) is 11.2. The lowest BCUT2D eigenvalue weighted by Crippen LogP contribution is -2.17. The van der Waals surface area contributed by atoms with Crippen molar-refractivity contribution in [2.75, 3.05) is 0 Å². The molecule has 0 aliphatic rings. The Morgan fingerprint density at radius 2 is 2.17 bits per heavy atom. The van der Waals surface area contributed by atoms with Gasteiger partial charge in [-0.1, -0.05) is 0 Å². The lowest BCUT2D eigenvalue weighted by atomic mass is 10.2. The van der Waals surface area contributed by atoms with Crippen molar-refractivity contribution in [2.45, 2.75) is 26.3 Å². The number of aryl methyl sites for hydroxylation is 1. The molecule has 1 aromatic rings. The van der Waals surface area contributed by atoms with E-state index in [1.807, 2.05) is 19.9 Å². The van der Waals surface area contributed by atoms with E-state index in [0.717, 1.165) is 17.8 Å². The van der Waals surface area contributed by atoms with Crippen LogP contribution in [0.4, 0.5) is 0 Å². The van der Waals surface area contributed by atoms with Crippen molar-refractivity contribution in [2.24, 2.45) is 5.73 Å². The van der Waals surface area contributed by atoms with E-state index in [-0.39, 0.29) is 30.9 Å². The summed E-state index contributed by atoms with van der Waals surface area (Å²) >= 11 is 0. The van der Waals surface area contributed by atoms with Crippen LogP contribution in [-0.4, -0.2) is 16.2 Å². The molecule has 0 aliphatic heterocycles. The van der Waals surface area contributed by atoms with Gasteiger partial charge in [0.15, 0.2) is 0 Å². The van der Waals surface area contributed by atoms with Gasteiger partial charge in [-0.3, -0.25) is 5.10 Å². The second kappa shape index (κ2) is 6.29. The first kappa shape index (κ1) is 14.3. The second-order valence-corrected chi connectivity index (χ2v) is 2.72. The monoisotopic (exact) mass is 211 g/mol. The molecular weight excluding hydrogens is 197 g/mol. The molecule has 0 radical (unpaired) electrons. The molecule has 0 saturated heterocycles. The molecule has 5 heteroatoms. The lowest BCUT2D eigenvalue weighted by Gasteiger charge is -1.98. The molecule has 12 heavy (non-hydrogen) atoms. The fourth-order valence-electron chi connectivity index (χ4n) is 0.909. The van der Waals surface area contributed by atoms with Gasteiger partial charge in [-0.15, -0.1) is 24.8 Å². The SMILES string of the molecule is Cc1cc(CC(C)N)n[nH]1.Cl.Cl. The fraction of sp³-hybridized carbons (Fsp3) is 0.571. The molecule has 0 amide bonds. The van der Waals surface area contributed by atoms with Gasteiger partial charge in [0.1, 0.15) is 0 Å². The van der Waals surface area contributed by atoms with E-state index < -0.39 is 0 Å². The molecule has 1 unspecified atom stereocenters. The molecule has 0 bridgehead atoms. The zero-order valence-corrected chi connectivity index (χ0v) is 8.84. The van der Waals surface area contributed by atoms with Crippen molar-refractivity contribution >= 4 is 24.8 Å². The average Bonchev–Trinajstić information content (AvgIpc) is 2.13. The van der Waals surface area contributed by atoms with Crippen molar-refractivity contribution in [1.82, 2.24) is 10.2 Å². The first-order valence-electron chi connectivity index (χ1n) is 3.45. The van der Waals surface area contributed by atoms with Crippen LogP contribution in [0, 0.1) is 6.92 Å². The fourth-order valence-corrected chi connectivity index (χ4v) is 0.909. The molecule has 0 spiro atoms. The Bertz CT molecular complexity index is 210. The molecule has 3 N–H and O–H groups in total. The zero-order chi connectivity index (χ0) is 7.56. The standard InChI is InChI=1S/C7H13N3.2ClH/c1-5(8)3-7-4-6(2)9-10-7;;/h4-5H,3,8H2,1-2H3,(H,9,10);2*1H. The summed E-state index contributed by atoms with van der Waals surface area (Å²) < 4.78 is 0. The van der Waals surface area contributed by atoms with Crippen LogP contribution in [0.1, 0.15) is 18.3 Å². The van der Waals surface area contributed by atoms with Crippen LogP contribution in [0.3, 0.4) is 0 Å². The predicted molar refractivity (Wildman–Crippen MR) is 55.2 cm³/mol. The summed E-state index contributed by atoms with van der Waals surface area (Å²) in [6.45, 7) is 3.96. The molecular formula is C7H15Cl2N3. The second-order valence-electron chi connectivity index (χ2n) is 2.72. The lowest BCUT2D eigenvalue weighted by molar-refractivity contribution is 0.719. The predicted octanol–water partition coefficient (Wildman–Crippen LogP) is 1.45. The van der Waals surface area contributed by atoms with Crippen LogP contribution in [0.15, 0.2) is 6.07 Å². The van der Waals surface area contributed by atoms with Crippen molar-refractivity contribution in [3.05, 3.63) is 17.5 Å². The van der Waals surface area contributed by atoms with Crippen LogP contribution in [-0.2, 0) is 6.42 Å². The third-order valence-electron chi connectivity index (χ3n) is 1.29. The number of halogens is 2. The quantitative estimate of drug-likeness (QED) is 0.779. The molecule has 1 aromatic heterocycles. The van der Waals surface area contributed by atoms with Crippen LogP contribution >= 0.6 is 24.8 Å². The molecule has 0 aromatic carbocycles. The first-order chi connectivity index (χ1) is 4.68. The van der Waals surface area contributed by atoms with Gasteiger partial charge in [0, 0.05) is 18.2 Å². The summed E-state index contributed by atoms with van der Waals surface area (Å²) in [5, 5.41) is 6.92. The van der Waals surface area contributed by atoms with E-state index in [4.69, 9.17) is 5.73 Å². The van der Waals surface area contributed by atoms with Crippen molar-refractivity contribution in [3.8, 4) is 0 Å². The first-order valence-corrected chi connectivity index (χ1v) is 3.45. The largest absolute Gasteiger partial charge is 0.328 e. The summed E-state index contributed by atoms with van der Waals surface area (Å²) in [7, 11) is 0. The number of nitrogens with zero attached hydrogens (tertiary/aromatic N) is 1. The Balaban J connectivity index is 0. The highest BCUT2D eigenvalue weighted by Gasteiger charge is 1.99. The summed E-state index contributed by atoms with van der Waals surface area (Å²) in [6.07, 6.45) is 0.852. The Kier molecular flexibility index (Phi) is 7.48. The maximum Gasteiger partial charge on any atom is 0.0640 e. The smallest absolute Gasteiger partial charge is 0.0640 e. The van der Waals surface area contributed by atoms with Crippen molar-refractivity contribution < 1.29 is 0 Å². The van der Waals surface area contributed by atoms with E-state index >= 15 is 0 Å². The number of nitrogens with two attached hydrogens (primary N) is 1. The van der Waals surface area contributed by atoms with Gasteiger partial charge in [0.2, 0.25) is 0 Å². The molecule has 1 atom stereocenters. The number of H-pyrrole nitrogens is 1. The summed E-state index contributed by atoms with van der Waals surface area (Å²) in [5.41, 5.74) is 7.72. The Morgan fingerprint density at radius 1 is 1.58 bits per heavy atom. The summed E-state index contributed by atoms with van der Waals surface area (Å²) in [4.78, 5) is 0. The minimum atomic E-state index is 0.